The molecule has 6 nitrogen and oxygen atoms in total. The quantitative estimate of drug-likeness (QED) is 0.570. The molecule has 0 saturated heterocycles. The summed E-state index contributed by atoms with van der Waals surface area (Å²) < 4.78 is 16.7. The first kappa shape index (κ1) is 24.4. The lowest BCUT2D eigenvalue weighted by Crippen LogP contribution is -2.49. The molecule has 1 aliphatic heterocycles. The lowest BCUT2D eigenvalue weighted by atomic mass is 9.86. The molecule has 0 spiro atoms. The lowest BCUT2D eigenvalue weighted by Gasteiger charge is -2.42. The van der Waals surface area contributed by atoms with Crippen LogP contribution in [0.1, 0.15) is 61.8 Å². The van der Waals surface area contributed by atoms with Gasteiger partial charge in [0.15, 0.2) is 11.5 Å². The van der Waals surface area contributed by atoms with E-state index < -0.39 is 0 Å². The van der Waals surface area contributed by atoms with E-state index in [0.29, 0.717) is 0 Å². The Morgan fingerprint density at radius 3 is 2.47 bits per heavy atom. The predicted octanol–water partition coefficient (Wildman–Crippen LogP) is 4.90. The van der Waals surface area contributed by atoms with Crippen molar-refractivity contribution in [3.63, 3.8) is 0 Å². The Balaban J connectivity index is 1.69. The van der Waals surface area contributed by atoms with Crippen molar-refractivity contribution >= 4 is 5.91 Å². The summed E-state index contributed by atoms with van der Waals surface area (Å²) in [5.74, 6) is 2.70. The summed E-state index contributed by atoms with van der Waals surface area (Å²) >= 11 is 0. The van der Waals surface area contributed by atoms with Gasteiger partial charge in [-0.15, -0.1) is 0 Å². The van der Waals surface area contributed by atoms with Gasteiger partial charge in [-0.1, -0.05) is 31.9 Å². The van der Waals surface area contributed by atoms with Crippen LogP contribution in [0.25, 0.3) is 0 Å². The second-order valence-electron chi connectivity index (χ2n) is 9.43. The average Bonchev–Trinajstić information content (AvgIpc) is 3.42. The molecule has 4 rings (SSSR count). The van der Waals surface area contributed by atoms with Crippen LogP contribution in [-0.4, -0.2) is 44.7 Å². The van der Waals surface area contributed by atoms with Gasteiger partial charge in [0.2, 0.25) is 5.91 Å². The molecule has 34 heavy (non-hydrogen) atoms. The normalized spacial score (nSPS) is 19.4. The number of benzene rings is 2. The Morgan fingerprint density at radius 2 is 1.79 bits per heavy atom. The second kappa shape index (κ2) is 11.1. The largest absolute Gasteiger partial charge is 0.497 e. The fourth-order valence-corrected chi connectivity index (χ4v) is 5.58. The van der Waals surface area contributed by atoms with Crippen molar-refractivity contribution in [3.8, 4) is 17.2 Å². The molecular weight excluding hydrogens is 428 g/mol. The van der Waals surface area contributed by atoms with Crippen LogP contribution in [0.5, 0.6) is 17.2 Å². The zero-order chi connectivity index (χ0) is 24.1. The van der Waals surface area contributed by atoms with Crippen molar-refractivity contribution in [1.82, 2.24) is 10.2 Å². The first-order valence-electron chi connectivity index (χ1n) is 12.5. The molecule has 0 bridgehead atoms. The molecule has 1 aliphatic carbocycles. The number of carbonyl (C=O) groups is 1. The van der Waals surface area contributed by atoms with Crippen LogP contribution in [0.2, 0.25) is 0 Å². The highest BCUT2D eigenvalue weighted by Crippen LogP contribution is 2.41. The number of nitrogens with one attached hydrogen (secondary N) is 1. The summed E-state index contributed by atoms with van der Waals surface area (Å²) in [4.78, 5) is 15.6. The molecule has 1 heterocycles. The topological polar surface area (TPSA) is 60.0 Å². The first-order chi connectivity index (χ1) is 16.6. The van der Waals surface area contributed by atoms with Gasteiger partial charge in [0, 0.05) is 25.0 Å². The standard InChI is InChI=1S/C28H38N2O4/c1-5-24(29-28(31)20-10-6-7-11-20)27-23-17-26(34-4)25(33-3)16-21(23)13-14-30(27)18-19-9-8-12-22(15-19)32-2/h8-9,12,15-17,20,24,27H,5-7,10-11,13-14,18H2,1-4H3,(H,29,31). The van der Waals surface area contributed by atoms with Gasteiger partial charge < -0.3 is 19.5 Å². The number of carbonyl (C=O) groups excluding carboxylic acids is 1. The van der Waals surface area contributed by atoms with Gasteiger partial charge in [0.05, 0.1) is 27.4 Å². The van der Waals surface area contributed by atoms with Crippen molar-refractivity contribution in [2.24, 2.45) is 5.92 Å². The van der Waals surface area contributed by atoms with Gasteiger partial charge in [-0.25, -0.2) is 0 Å². The SMILES string of the molecule is CCC(NC(=O)C1CCCC1)C1c2cc(OC)c(OC)cc2CCN1Cc1cccc(OC)c1. The maximum absolute atomic E-state index is 13.2. The zero-order valence-electron chi connectivity index (χ0n) is 20.9. The number of rotatable bonds is 9. The van der Waals surface area contributed by atoms with Gasteiger partial charge in [-0.3, -0.25) is 9.69 Å². The molecule has 6 heteroatoms. The van der Waals surface area contributed by atoms with Crippen molar-refractivity contribution in [2.75, 3.05) is 27.9 Å². The number of ether oxygens (including phenoxy) is 3. The van der Waals surface area contributed by atoms with Crippen molar-refractivity contribution < 1.29 is 19.0 Å². The van der Waals surface area contributed by atoms with E-state index in [9.17, 15) is 4.79 Å². The van der Waals surface area contributed by atoms with E-state index in [4.69, 9.17) is 14.2 Å². The van der Waals surface area contributed by atoms with Crippen molar-refractivity contribution in [2.45, 2.75) is 64.1 Å². The van der Waals surface area contributed by atoms with E-state index in [1.807, 2.05) is 12.1 Å². The van der Waals surface area contributed by atoms with Crippen LogP contribution < -0.4 is 19.5 Å². The monoisotopic (exact) mass is 466 g/mol. The Labute approximate surface area is 203 Å². The molecule has 0 radical (unpaired) electrons. The number of hydrogen-bond acceptors (Lipinski definition) is 5. The smallest absolute Gasteiger partial charge is 0.223 e. The molecule has 0 aromatic heterocycles. The first-order valence-corrected chi connectivity index (χ1v) is 12.5. The summed E-state index contributed by atoms with van der Waals surface area (Å²) in [6.07, 6.45) is 6.08. The Bertz CT molecular complexity index is 986. The lowest BCUT2D eigenvalue weighted by molar-refractivity contribution is -0.126. The molecule has 2 aromatic rings. The Kier molecular flexibility index (Phi) is 7.99. The number of fused-ring (bicyclic) bond motifs is 1. The third-order valence-electron chi connectivity index (χ3n) is 7.42. The number of methoxy groups -OCH3 is 3. The fourth-order valence-electron chi connectivity index (χ4n) is 5.58. The van der Waals surface area contributed by atoms with Gasteiger partial charge in [0.25, 0.3) is 0 Å². The number of hydrogen-bond donors (Lipinski definition) is 1. The number of amides is 1. The van der Waals surface area contributed by atoms with Gasteiger partial charge in [0.1, 0.15) is 5.75 Å². The zero-order valence-corrected chi connectivity index (χ0v) is 20.9. The van der Waals surface area contributed by atoms with E-state index in [1.54, 1.807) is 21.3 Å². The Hall–Kier alpha value is -2.73. The van der Waals surface area contributed by atoms with E-state index in [0.717, 1.165) is 68.9 Å². The summed E-state index contributed by atoms with van der Waals surface area (Å²) in [6.45, 7) is 3.85. The van der Waals surface area contributed by atoms with Gasteiger partial charge >= 0.3 is 0 Å². The van der Waals surface area contributed by atoms with Crippen LogP contribution in [0.15, 0.2) is 36.4 Å². The fraction of sp³-hybridized carbons (Fsp3) is 0.536. The minimum atomic E-state index is 0.0101. The van der Waals surface area contributed by atoms with E-state index in [2.05, 4.69) is 41.4 Å². The summed E-state index contributed by atoms with van der Waals surface area (Å²) in [5.41, 5.74) is 3.67. The molecule has 2 aromatic carbocycles. The molecule has 2 aliphatic rings. The second-order valence-corrected chi connectivity index (χ2v) is 9.43. The molecular formula is C28H38N2O4. The molecule has 1 fully saturated rings. The maximum Gasteiger partial charge on any atom is 0.223 e. The summed E-state index contributed by atoms with van der Waals surface area (Å²) in [6, 6.07) is 12.5. The van der Waals surface area contributed by atoms with E-state index >= 15 is 0 Å². The Morgan fingerprint density at radius 1 is 1.06 bits per heavy atom. The summed E-state index contributed by atoms with van der Waals surface area (Å²) in [5, 5.41) is 3.45. The highest BCUT2D eigenvalue weighted by molar-refractivity contribution is 5.79. The minimum absolute atomic E-state index is 0.0101. The summed E-state index contributed by atoms with van der Waals surface area (Å²) in [7, 11) is 5.05. The highest BCUT2D eigenvalue weighted by atomic mass is 16.5. The number of nitrogens with zero attached hydrogens (tertiary/aromatic N) is 1. The maximum atomic E-state index is 13.2. The third kappa shape index (κ3) is 5.17. The highest BCUT2D eigenvalue weighted by Gasteiger charge is 2.36. The van der Waals surface area contributed by atoms with Crippen LogP contribution >= 0.6 is 0 Å². The molecule has 1 saturated carbocycles. The molecule has 2 atom stereocenters. The van der Waals surface area contributed by atoms with Crippen LogP contribution in [-0.2, 0) is 17.8 Å². The molecule has 1 N–H and O–H groups in total. The van der Waals surface area contributed by atoms with Crippen molar-refractivity contribution in [1.29, 1.82) is 0 Å². The molecule has 184 valence electrons. The van der Waals surface area contributed by atoms with E-state index in [-0.39, 0.29) is 23.9 Å². The predicted molar refractivity (Wildman–Crippen MR) is 134 cm³/mol. The molecule has 1 amide bonds. The van der Waals surface area contributed by atoms with Gasteiger partial charge in [-0.05, 0) is 66.6 Å². The third-order valence-corrected chi connectivity index (χ3v) is 7.42. The van der Waals surface area contributed by atoms with Crippen LogP contribution in [0, 0.1) is 5.92 Å². The molecule has 2 unspecified atom stereocenters. The van der Waals surface area contributed by atoms with E-state index in [1.165, 1.54) is 16.7 Å². The van der Waals surface area contributed by atoms with Crippen LogP contribution in [0.3, 0.4) is 0 Å². The average molecular weight is 467 g/mol. The van der Waals surface area contributed by atoms with Gasteiger partial charge in [-0.2, -0.15) is 0 Å². The van der Waals surface area contributed by atoms with Crippen LogP contribution in [0.4, 0.5) is 0 Å². The van der Waals surface area contributed by atoms with Crippen molar-refractivity contribution in [3.05, 3.63) is 53.1 Å². The minimum Gasteiger partial charge on any atom is -0.497 e.